The third-order valence-corrected chi connectivity index (χ3v) is 6.42. The quantitative estimate of drug-likeness (QED) is 0.548. The lowest BCUT2D eigenvalue weighted by Gasteiger charge is -2.36. The maximum atomic E-state index is 13.4. The first-order valence-electron chi connectivity index (χ1n) is 12.2. The van der Waals surface area contributed by atoms with Gasteiger partial charge in [0, 0.05) is 31.7 Å². The zero-order chi connectivity index (χ0) is 24.9. The third-order valence-electron chi connectivity index (χ3n) is 6.42. The number of hydrogen-bond donors (Lipinski definition) is 2. The second-order valence-corrected chi connectivity index (χ2v) is 9.60. The van der Waals surface area contributed by atoms with Crippen LogP contribution < -0.4 is 10.9 Å². The van der Waals surface area contributed by atoms with E-state index in [1.807, 2.05) is 48.2 Å². The summed E-state index contributed by atoms with van der Waals surface area (Å²) < 4.78 is 0. The van der Waals surface area contributed by atoms with Crippen molar-refractivity contribution in [2.24, 2.45) is 5.92 Å². The molecular weight excluding hydrogens is 442 g/mol. The average Bonchev–Trinajstić information content (AvgIpc) is 2.83. The van der Waals surface area contributed by atoms with Gasteiger partial charge in [0.15, 0.2) is 0 Å². The maximum absolute atomic E-state index is 13.4. The number of fused-ring (bicyclic) bond motifs is 1. The van der Waals surface area contributed by atoms with Gasteiger partial charge in [-0.05, 0) is 43.0 Å². The van der Waals surface area contributed by atoms with E-state index in [0.29, 0.717) is 61.4 Å². The summed E-state index contributed by atoms with van der Waals surface area (Å²) >= 11 is 0. The fourth-order valence-electron chi connectivity index (χ4n) is 4.52. The van der Waals surface area contributed by atoms with Crippen LogP contribution in [0.4, 0.5) is 0 Å². The first-order chi connectivity index (χ1) is 16.8. The van der Waals surface area contributed by atoms with Crippen LogP contribution in [0.5, 0.6) is 0 Å². The Morgan fingerprint density at radius 1 is 1.03 bits per heavy atom. The standard InChI is InChI=1S/C27H33N5O3/c1-18(2)16-23(29-25(33)20-9-5-4-8-19(20)3)27(35)32-14-12-31(13-15-32)17-24-28-22-11-7-6-10-21(22)26(34)30-24/h4-11,18,23H,12-17H2,1-3H3,(H,29,33)(H,28,30,34)/t23-/m0/s1. The molecule has 2 N–H and O–H groups in total. The van der Waals surface area contributed by atoms with Crippen molar-refractivity contribution in [3.63, 3.8) is 0 Å². The monoisotopic (exact) mass is 475 g/mol. The third kappa shape index (κ3) is 5.95. The molecule has 1 saturated heterocycles. The summed E-state index contributed by atoms with van der Waals surface area (Å²) in [5, 5.41) is 3.56. The number of nitrogens with one attached hydrogen (secondary N) is 2. The van der Waals surface area contributed by atoms with Crippen molar-refractivity contribution < 1.29 is 9.59 Å². The number of amides is 2. The van der Waals surface area contributed by atoms with Crippen LogP contribution in [-0.2, 0) is 11.3 Å². The zero-order valence-corrected chi connectivity index (χ0v) is 20.6. The predicted molar refractivity (Wildman–Crippen MR) is 136 cm³/mol. The summed E-state index contributed by atoms with van der Waals surface area (Å²) in [5.74, 6) is 0.624. The molecule has 0 spiro atoms. The molecule has 2 heterocycles. The van der Waals surface area contributed by atoms with Crippen molar-refractivity contribution in [3.8, 4) is 0 Å². The second kappa shape index (κ2) is 10.8. The van der Waals surface area contributed by atoms with Crippen molar-refractivity contribution in [1.82, 2.24) is 25.1 Å². The highest BCUT2D eigenvalue weighted by molar-refractivity contribution is 5.98. The SMILES string of the molecule is Cc1ccccc1C(=O)N[C@@H](CC(C)C)C(=O)N1CCN(Cc2nc3ccccc3c(=O)[nH]2)CC1. The van der Waals surface area contributed by atoms with Gasteiger partial charge in [0.2, 0.25) is 5.91 Å². The number of rotatable bonds is 7. The van der Waals surface area contributed by atoms with E-state index >= 15 is 0 Å². The van der Waals surface area contributed by atoms with Gasteiger partial charge in [-0.2, -0.15) is 0 Å². The second-order valence-electron chi connectivity index (χ2n) is 9.60. The van der Waals surface area contributed by atoms with Gasteiger partial charge in [0.25, 0.3) is 11.5 Å². The molecule has 1 fully saturated rings. The molecule has 2 amide bonds. The van der Waals surface area contributed by atoms with Gasteiger partial charge < -0.3 is 15.2 Å². The number of carbonyl (C=O) groups is 2. The lowest BCUT2D eigenvalue weighted by Crippen LogP contribution is -2.55. The van der Waals surface area contributed by atoms with E-state index in [0.717, 1.165) is 5.56 Å². The van der Waals surface area contributed by atoms with Crippen LogP contribution in [-0.4, -0.2) is 63.8 Å². The first kappa shape index (κ1) is 24.6. The summed E-state index contributed by atoms with van der Waals surface area (Å²) in [6, 6.07) is 14.1. The number of aryl methyl sites for hydroxylation is 1. The van der Waals surface area contributed by atoms with Gasteiger partial charge in [-0.3, -0.25) is 19.3 Å². The van der Waals surface area contributed by atoms with Gasteiger partial charge in [0.1, 0.15) is 11.9 Å². The van der Waals surface area contributed by atoms with Crippen molar-refractivity contribution >= 4 is 22.7 Å². The van der Waals surface area contributed by atoms with Crippen LogP contribution in [0.1, 0.15) is 42.0 Å². The molecule has 35 heavy (non-hydrogen) atoms. The van der Waals surface area contributed by atoms with E-state index in [2.05, 4.69) is 34.0 Å². The van der Waals surface area contributed by atoms with E-state index in [1.54, 1.807) is 12.1 Å². The Morgan fingerprint density at radius 2 is 1.71 bits per heavy atom. The van der Waals surface area contributed by atoms with E-state index < -0.39 is 6.04 Å². The lowest BCUT2D eigenvalue weighted by atomic mass is 10.0. The van der Waals surface area contributed by atoms with Gasteiger partial charge in [0.05, 0.1) is 17.4 Å². The van der Waals surface area contributed by atoms with Gasteiger partial charge in [-0.15, -0.1) is 0 Å². The minimum absolute atomic E-state index is 0.0440. The number of carbonyl (C=O) groups excluding carboxylic acids is 2. The number of benzene rings is 2. The maximum Gasteiger partial charge on any atom is 0.258 e. The van der Waals surface area contributed by atoms with E-state index in [4.69, 9.17) is 0 Å². The normalized spacial score (nSPS) is 15.4. The Bertz CT molecular complexity index is 1260. The summed E-state index contributed by atoms with van der Waals surface area (Å²) in [4.78, 5) is 50.1. The molecule has 184 valence electrons. The summed E-state index contributed by atoms with van der Waals surface area (Å²) in [6.45, 7) is 8.97. The van der Waals surface area contributed by atoms with E-state index in [1.165, 1.54) is 0 Å². The highest BCUT2D eigenvalue weighted by Gasteiger charge is 2.30. The summed E-state index contributed by atoms with van der Waals surface area (Å²) in [5.41, 5.74) is 2.02. The number of nitrogens with zero attached hydrogens (tertiary/aromatic N) is 3. The summed E-state index contributed by atoms with van der Waals surface area (Å²) in [7, 11) is 0. The smallest absolute Gasteiger partial charge is 0.258 e. The number of aromatic amines is 1. The Hall–Kier alpha value is -3.52. The number of para-hydroxylation sites is 1. The minimum Gasteiger partial charge on any atom is -0.340 e. The highest BCUT2D eigenvalue weighted by Crippen LogP contribution is 2.14. The Labute approximate surface area is 205 Å². The van der Waals surface area contributed by atoms with Gasteiger partial charge in [-0.25, -0.2) is 4.98 Å². The fourth-order valence-corrected chi connectivity index (χ4v) is 4.52. The zero-order valence-electron chi connectivity index (χ0n) is 20.6. The van der Waals surface area contributed by atoms with Crippen molar-refractivity contribution in [2.45, 2.75) is 39.8 Å². The number of piperazine rings is 1. The lowest BCUT2D eigenvalue weighted by molar-refractivity contribution is -0.135. The van der Waals surface area contributed by atoms with E-state index in [-0.39, 0.29) is 23.3 Å². The Balaban J connectivity index is 1.38. The molecular formula is C27H33N5O3. The molecule has 3 aromatic rings. The topological polar surface area (TPSA) is 98.4 Å². The van der Waals surface area contributed by atoms with Crippen LogP contribution in [0.3, 0.4) is 0 Å². The number of H-pyrrole nitrogens is 1. The molecule has 1 aliphatic rings. The molecule has 0 unspecified atom stereocenters. The molecule has 1 aliphatic heterocycles. The molecule has 0 bridgehead atoms. The minimum atomic E-state index is -0.563. The van der Waals surface area contributed by atoms with Crippen LogP contribution in [0.25, 0.3) is 10.9 Å². The van der Waals surface area contributed by atoms with Crippen molar-refractivity contribution in [2.75, 3.05) is 26.2 Å². The predicted octanol–water partition coefficient (Wildman–Crippen LogP) is 2.72. The molecule has 1 atom stereocenters. The van der Waals surface area contributed by atoms with Crippen LogP contribution in [0, 0.1) is 12.8 Å². The highest BCUT2D eigenvalue weighted by atomic mass is 16.2. The van der Waals surface area contributed by atoms with Crippen LogP contribution >= 0.6 is 0 Å². The largest absolute Gasteiger partial charge is 0.340 e. The number of hydrogen-bond acceptors (Lipinski definition) is 5. The molecule has 0 radical (unpaired) electrons. The van der Waals surface area contributed by atoms with Gasteiger partial charge in [-0.1, -0.05) is 44.2 Å². The molecule has 0 saturated carbocycles. The molecule has 2 aromatic carbocycles. The molecule has 4 rings (SSSR count). The molecule has 1 aromatic heterocycles. The molecule has 0 aliphatic carbocycles. The van der Waals surface area contributed by atoms with Crippen LogP contribution in [0.2, 0.25) is 0 Å². The molecule has 8 nitrogen and oxygen atoms in total. The summed E-state index contributed by atoms with van der Waals surface area (Å²) in [6.07, 6.45) is 0.582. The Morgan fingerprint density at radius 3 is 2.43 bits per heavy atom. The number of aromatic nitrogens is 2. The average molecular weight is 476 g/mol. The van der Waals surface area contributed by atoms with Crippen molar-refractivity contribution in [3.05, 3.63) is 75.8 Å². The van der Waals surface area contributed by atoms with Crippen LogP contribution in [0.15, 0.2) is 53.3 Å². The first-order valence-corrected chi connectivity index (χ1v) is 12.2. The Kier molecular flexibility index (Phi) is 7.60. The van der Waals surface area contributed by atoms with Gasteiger partial charge >= 0.3 is 0 Å². The van der Waals surface area contributed by atoms with E-state index in [9.17, 15) is 14.4 Å². The van der Waals surface area contributed by atoms with Crippen molar-refractivity contribution in [1.29, 1.82) is 0 Å². The molecule has 8 heteroatoms. The fraction of sp³-hybridized carbons (Fsp3) is 0.407.